The summed E-state index contributed by atoms with van der Waals surface area (Å²) >= 11 is 0. The third-order valence-corrected chi connectivity index (χ3v) is 7.80. The number of ether oxygens (including phenoxy) is 1. The van der Waals surface area contributed by atoms with Crippen LogP contribution in [0.5, 0.6) is 0 Å². The highest BCUT2D eigenvalue weighted by Gasteiger charge is 2.45. The van der Waals surface area contributed by atoms with Gasteiger partial charge >= 0.3 is 6.18 Å². The van der Waals surface area contributed by atoms with E-state index in [-0.39, 0.29) is 48.0 Å². The third kappa shape index (κ3) is 5.58. The fourth-order valence-electron chi connectivity index (χ4n) is 5.15. The minimum atomic E-state index is -4.68. The zero-order valence-electron chi connectivity index (χ0n) is 22.2. The molecule has 2 aliphatic heterocycles. The van der Waals surface area contributed by atoms with Crippen LogP contribution >= 0.6 is 0 Å². The van der Waals surface area contributed by atoms with Crippen LogP contribution in [0.15, 0.2) is 42.5 Å². The number of alkyl halides is 3. The monoisotopic (exact) mass is 534 g/mol. The Kier molecular flexibility index (Phi) is 7.63. The van der Waals surface area contributed by atoms with Crippen molar-refractivity contribution in [1.82, 2.24) is 10.2 Å². The van der Waals surface area contributed by atoms with Crippen LogP contribution in [0.4, 0.5) is 17.6 Å². The summed E-state index contributed by atoms with van der Waals surface area (Å²) < 4.78 is 59.4. The van der Waals surface area contributed by atoms with Gasteiger partial charge in [0.05, 0.1) is 24.8 Å². The molecule has 0 bridgehead atoms. The second-order valence-electron chi connectivity index (χ2n) is 11.5. The van der Waals surface area contributed by atoms with Crippen molar-refractivity contribution in [3.63, 3.8) is 0 Å². The topological polar surface area (TPSA) is 58.6 Å². The maximum absolute atomic E-state index is 14.9. The maximum atomic E-state index is 14.9. The van der Waals surface area contributed by atoms with Crippen LogP contribution in [0.1, 0.15) is 74.1 Å². The Bertz CT molecular complexity index is 1200. The molecule has 2 aromatic carbocycles. The van der Waals surface area contributed by atoms with Gasteiger partial charge in [0.2, 0.25) is 5.91 Å². The lowest BCUT2D eigenvalue weighted by Gasteiger charge is -2.36. The van der Waals surface area contributed by atoms with E-state index in [1.807, 2.05) is 32.0 Å². The molecule has 2 fully saturated rings. The highest BCUT2D eigenvalue weighted by Crippen LogP contribution is 2.36. The van der Waals surface area contributed by atoms with E-state index in [0.29, 0.717) is 18.1 Å². The number of hydrogen-bond donors (Lipinski definition) is 1. The lowest BCUT2D eigenvalue weighted by molar-refractivity contribution is -0.138. The highest BCUT2D eigenvalue weighted by atomic mass is 19.4. The molecule has 9 heteroatoms. The molecular formula is C29H34F4N2O3. The van der Waals surface area contributed by atoms with Crippen LogP contribution in [0, 0.1) is 17.7 Å². The highest BCUT2D eigenvalue weighted by molar-refractivity contribution is 5.98. The molecule has 0 aliphatic carbocycles. The molecule has 38 heavy (non-hydrogen) atoms. The molecule has 0 aromatic heterocycles. The largest absolute Gasteiger partial charge is 0.416 e. The standard InChI is InChI=1S/C29H34F4N2O3/c1-16-11-24(35(17(16)2)27(37)18-7-6-8-20(12-18)28(3,4)5)26(36)34-25(19-14-38-15-19)22-10-9-21(13-23(22)30)29(31,32)33/h6-10,12-13,16-17,19,24-25H,11,14-15H2,1-5H3,(H,34,36)/t16-,17-,24-,25?/m1/s1. The average molecular weight is 535 g/mol. The maximum Gasteiger partial charge on any atom is 0.416 e. The molecule has 2 saturated heterocycles. The Hall–Kier alpha value is -2.94. The van der Waals surface area contributed by atoms with Crippen molar-refractivity contribution in [2.24, 2.45) is 11.8 Å². The Morgan fingerprint density at radius 2 is 1.71 bits per heavy atom. The smallest absolute Gasteiger partial charge is 0.381 e. The van der Waals surface area contributed by atoms with Crippen molar-refractivity contribution in [1.29, 1.82) is 0 Å². The molecule has 5 nitrogen and oxygen atoms in total. The van der Waals surface area contributed by atoms with Gasteiger partial charge in [-0.25, -0.2) is 4.39 Å². The Labute approximate surface area is 220 Å². The van der Waals surface area contributed by atoms with E-state index >= 15 is 0 Å². The molecule has 2 heterocycles. The fourth-order valence-corrected chi connectivity index (χ4v) is 5.15. The molecule has 1 N–H and O–H groups in total. The predicted molar refractivity (Wildman–Crippen MR) is 135 cm³/mol. The van der Waals surface area contributed by atoms with Gasteiger partial charge in [0.25, 0.3) is 5.91 Å². The van der Waals surface area contributed by atoms with Crippen LogP contribution in [0.25, 0.3) is 0 Å². The summed E-state index contributed by atoms with van der Waals surface area (Å²) in [4.78, 5) is 28.9. The van der Waals surface area contributed by atoms with Crippen LogP contribution < -0.4 is 5.32 Å². The first-order valence-corrected chi connectivity index (χ1v) is 12.9. The number of likely N-dealkylation sites (tertiary alicyclic amines) is 1. The summed E-state index contributed by atoms with van der Waals surface area (Å²) in [6, 6.07) is 7.80. The predicted octanol–water partition coefficient (Wildman–Crippen LogP) is 5.89. The first-order chi connectivity index (χ1) is 17.7. The van der Waals surface area contributed by atoms with Crippen molar-refractivity contribution < 1.29 is 31.9 Å². The van der Waals surface area contributed by atoms with E-state index in [1.165, 1.54) is 0 Å². The summed E-state index contributed by atoms with van der Waals surface area (Å²) in [7, 11) is 0. The molecule has 1 unspecified atom stereocenters. The number of halogens is 4. The van der Waals surface area contributed by atoms with E-state index in [9.17, 15) is 27.2 Å². The second kappa shape index (κ2) is 10.3. The first kappa shape index (κ1) is 28.1. The summed E-state index contributed by atoms with van der Waals surface area (Å²) in [5.41, 5.74) is 0.178. The number of nitrogens with zero attached hydrogens (tertiary/aromatic N) is 1. The van der Waals surface area contributed by atoms with Gasteiger partial charge in [0, 0.05) is 23.1 Å². The second-order valence-corrected chi connectivity index (χ2v) is 11.5. The minimum absolute atomic E-state index is 0.0329. The fraction of sp³-hybridized carbons (Fsp3) is 0.517. The van der Waals surface area contributed by atoms with Crippen molar-refractivity contribution >= 4 is 11.8 Å². The van der Waals surface area contributed by atoms with E-state index < -0.39 is 35.5 Å². The Morgan fingerprint density at radius 1 is 1.03 bits per heavy atom. The summed E-state index contributed by atoms with van der Waals surface area (Å²) in [6.07, 6.45) is -4.26. The van der Waals surface area contributed by atoms with Crippen molar-refractivity contribution in [3.05, 3.63) is 70.5 Å². The Balaban J connectivity index is 1.61. The van der Waals surface area contributed by atoms with Gasteiger partial charge in [-0.15, -0.1) is 0 Å². The van der Waals surface area contributed by atoms with Gasteiger partial charge in [-0.05, 0) is 54.5 Å². The van der Waals surface area contributed by atoms with Crippen molar-refractivity contribution in [2.75, 3.05) is 13.2 Å². The van der Waals surface area contributed by atoms with Gasteiger partial charge < -0.3 is 15.0 Å². The lowest BCUT2D eigenvalue weighted by atomic mass is 9.86. The molecule has 0 radical (unpaired) electrons. The van der Waals surface area contributed by atoms with Crippen LogP contribution in [-0.4, -0.2) is 42.0 Å². The SMILES string of the molecule is C[C@@H]1C[C@H](C(=O)NC(c2ccc(C(F)(F)F)cc2F)C2COC2)N(C(=O)c2cccc(C(C)(C)C)c2)[C@@H]1C. The zero-order chi connectivity index (χ0) is 28.0. The normalized spacial score (nSPS) is 23.2. The summed E-state index contributed by atoms with van der Waals surface area (Å²) in [6.45, 7) is 10.5. The van der Waals surface area contributed by atoms with Gasteiger partial charge in [-0.3, -0.25) is 9.59 Å². The molecule has 4 atom stereocenters. The van der Waals surface area contributed by atoms with E-state index in [4.69, 9.17) is 4.74 Å². The minimum Gasteiger partial charge on any atom is -0.381 e. The lowest BCUT2D eigenvalue weighted by Crippen LogP contribution is -2.51. The average Bonchev–Trinajstić information content (AvgIpc) is 3.10. The Morgan fingerprint density at radius 3 is 2.26 bits per heavy atom. The van der Waals surface area contributed by atoms with Crippen LogP contribution in [0.2, 0.25) is 0 Å². The molecular weight excluding hydrogens is 500 g/mol. The number of hydrogen-bond acceptors (Lipinski definition) is 3. The number of carbonyl (C=O) groups is 2. The molecule has 4 rings (SSSR count). The summed E-state index contributed by atoms with van der Waals surface area (Å²) in [5.74, 6) is -2.03. The van der Waals surface area contributed by atoms with Crippen molar-refractivity contribution in [3.8, 4) is 0 Å². The quantitative estimate of drug-likeness (QED) is 0.487. The van der Waals surface area contributed by atoms with Crippen LogP contribution in [0.3, 0.4) is 0 Å². The van der Waals surface area contributed by atoms with Crippen molar-refractivity contribution in [2.45, 2.75) is 70.8 Å². The van der Waals surface area contributed by atoms with Gasteiger partial charge in [0.15, 0.2) is 0 Å². The number of amides is 2. The zero-order valence-corrected chi connectivity index (χ0v) is 22.2. The number of benzene rings is 2. The number of rotatable bonds is 5. The van der Waals surface area contributed by atoms with Gasteiger partial charge in [-0.1, -0.05) is 45.9 Å². The number of nitrogens with one attached hydrogen (secondary N) is 1. The van der Waals surface area contributed by atoms with Gasteiger partial charge in [-0.2, -0.15) is 13.2 Å². The molecule has 0 spiro atoms. The van der Waals surface area contributed by atoms with Gasteiger partial charge in [0.1, 0.15) is 11.9 Å². The molecule has 0 saturated carbocycles. The molecule has 206 valence electrons. The van der Waals surface area contributed by atoms with Crippen LogP contribution in [-0.2, 0) is 21.1 Å². The van der Waals surface area contributed by atoms with E-state index in [2.05, 4.69) is 26.1 Å². The first-order valence-electron chi connectivity index (χ1n) is 12.9. The molecule has 2 aliphatic rings. The molecule has 2 aromatic rings. The molecule has 2 amide bonds. The summed E-state index contributed by atoms with van der Waals surface area (Å²) in [5, 5.41) is 2.86. The third-order valence-electron chi connectivity index (χ3n) is 7.80. The number of carbonyl (C=O) groups excluding carboxylic acids is 2. The van der Waals surface area contributed by atoms with E-state index in [1.54, 1.807) is 11.0 Å². The van der Waals surface area contributed by atoms with E-state index in [0.717, 1.165) is 17.7 Å².